The van der Waals surface area contributed by atoms with Crippen molar-refractivity contribution in [2.45, 2.75) is 44.6 Å². The summed E-state index contributed by atoms with van der Waals surface area (Å²) < 4.78 is 13.1. The number of aliphatic hydroxyl groups is 1. The molecule has 37 heavy (non-hydrogen) atoms. The van der Waals surface area contributed by atoms with Crippen LogP contribution in [0.15, 0.2) is 60.7 Å². The lowest BCUT2D eigenvalue weighted by molar-refractivity contribution is -0.118. The van der Waals surface area contributed by atoms with E-state index in [-0.39, 0.29) is 19.8 Å². The Hall–Kier alpha value is -3.64. The highest BCUT2D eigenvalue weighted by molar-refractivity contribution is 5.96. The first-order valence-corrected chi connectivity index (χ1v) is 12.1. The third-order valence-electron chi connectivity index (χ3n) is 5.49. The third-order valence-corrected chi connectivity index (χ3v) is 5.49. The number of carbonyl (C=O) groups is 2. The fourth-order valence-corrected chi connectivity index (χ4v) is 3.48. The standard InChI is InChI=1S/C26H34N6O5/c1-26(27,28)22(34)13-12-20(17-36-16-19-8-3-2-4-9-19)24-31-30-23-11-7-10-21(32(23)24)18-37-25(35)29-14-5-6-15-33/h2-4,7-13,20,33H,5-6,14-18,27-28H2,1H3,(H,29,35)/b13-12+/t20-/m1/s1. The van der Waals surface area contributed by atoms with Crippen molar-refractivity contribution in [3.05, 3.63) is 77.8 Å². The lowest BCUT2D eigenvalue weighted by Crippen LogP contribution is -2.52. The molecular weight excluding hydrogens is 476 g/mol. The van der Waals surface area contributed by atoms with Crippen LogP contribution in [0.5, 0.6) is 0 Å². The zero-order chi connectivity index (χ0) is 26.7. The summed E-state index contributed by atoms with van der Waals surface area (Å²) in [6.45, 7) is 2.44. The first-order valence-electron chi connectivity index (χ1n) is 12.1. The number of benzene rings is 1. The van der Waals surface area contributed by atoms with Crippen molar-refractivity contribution >= 4 is 17.5 Å². The number of pyridine rings is 1. The van der Waals surface area contributed by atoms with E-state index in [0.717, 1.165) is 5.56 Å². The van der Waals surface area contributed by atoms with E-state index < -0.39 is 23.5 Å². The number of amides is 1. The van der Waals surface area contributed by atoms with Crippen LogP contribution in [-0.4, -0.2) is 57.0 Å². The molecule has 11 heteroatoms. The van der Waals surface area contributed by atoms with Gasteiger partial charge >= 0.3 is 6.09 Å². The summed E-state index contributed by atoms with van der Waals surface area (Å²) in [6, 6.07) is 15.1. The van der Waals surface area contributed by atoms with Crippen LogP contribution in [0.2, 0.25) is 0 Å². The van der Waals surface area contributed by atoms with E-state index in [1.165, 1.54) is 13.0 Å². The normalized spacial score (nSPS) is 12.6. The molecule has 0 fully saturated rings. The van der Waals surface area contributed by atoms with Crippen LogP contribution in [0.3, 0.4) is 0 Å². The molecule has 2 aromatic heterocycles. The first-order chi connectivity index (χ1) is 17.8. The number of aliphatic hydroxyl groups excluding tert-OH is 1. The van der Waals surface area contributed by atoms with Crippen LogP contribution in [0.4, 0.5) is 4.79 Å². The van der Waals surface area contributed by atoms with Crippen molar-refractivity contribution in [1.29, 1.82) is 0 Å². The second kappa shape index (κ2) is 13.6. The molecule has 1 atom stereocenters. The number of nitrogens with zero attached hydrogens (tertiary/aromatic N) is 3. The molecule has 11 nitrogen and oxygen atoms in total. The minimum atomic E-state index is -1.51. The molecule has 0 aliphatic rings. The van der Waals surface area contributed by atoms with Gasteiger partial charge in [0.15, 0.2) is 11.4 Å². The van der Waals surface area contributed by atoms with E-state index in [4.69, 9.17) is 26.0 Å². The number of nitrogens with one attached hydrogen (secondary N) is 1. The molecular formula is C26H34N6O5. The second-order valence-electron chi connectivity index (χ2n) is 8.82. The molecule has 0 spiro atoms. The maximum absolute atomic E-state index is 12.4. The zero-order valence-electron chi connectivity index (χ0n) is 20.9. The minimum absolute atomic E-state index is 0.0296. The molecule has 0 aliphatic carbocycles. The molecule has 0 saturated carbocycles. The number of aromatic nitrogens is 3. The number of unbranched alkanes of at least 4 members (excludes halogenated alkanes) is 1. The Morgan fingerprint density at radius 1 is 1.11 bits per heavy atom. The molecule has 1 amide bonds. The number of hydrogen-bond acceptors (Lipinski definition) is 9. The van der Waals surface area contributed by atoms with Gasteiger partial charge in [-0.2, -0.15) is 0 Å². The maximum Gasteiger partial charge on any atom is 0.407 e. The lowest BCUT2D eigenvalue weighted by atomic mass is 10.0. The molecule has 0 aliphatic heterocycles. The Balaban J connectivity index is 1.80. The molecule has 0 saturated heterocycles. The number of carbonyl (C=O) groups excluding carboxylic acids is 2. The van der Waals surface area contributed by atoms with Gasteiger partial charge in [0.2, 0.25) is 0 Å². The number of ketones is 1. The van der Waals surface area contributed by atoms with Gasteiger partial charge in [-0.1, -0.05) is 42.5 Å². The summed E-state index contributed by atoms with van der Waals surface area (Å²) in [7, 11) is 0. The summed E-state index contributed by atoms with van der Waals surface area (Å²) in [5.74, 6) is -0.417. The van der Waals surface area contributed by atoms with E-state index in [2.05, 4.69) is 15.5 Å². The summed E-state index contributed by atoms with van der Waals surface area (Å²) in [5, 5.41) is 20.1. The van der Waals surface area contributed by atoms with E-state index >= 15 is 0 Å². The molecule has 0 unspecified atom stereocenters. The van der Waals surface area contributed by atoms with Gasteiger partial charge in [0.05, 0.1) is 24.8 Å². The van der Waals surface area contributed by atoms with Gasteiger partial charge in [0, 0.05) is 13.2 Å². The van der Waals surface area contributed by atoms with Crippen LogP contribution in [0.1, 0.15) is 42.8 Å². The second-order valence-corrected chi connectivity index (χ2v) is 8.82. The molecule has 0 bridgehead atoms. The summed E-state index contributed by atoms with van der Waals surface area (Å²) in [5.41, 5.74) is 12.2. The summed E-state index contributed by atoms with van der Waals surface area (Å²) in [6.07, 6.45) is 3.66. The van der Waals surface area contributed by atoms with Crippen molar-refractivity contribution in [2.24, 2.45) is 11.5 Å². The Kier molecular flexibility index (Phi) is 10.3. The summed E-state index contributed by atoms with van der Waals surface area (Å²) in [4.78, 5) is 24.5. The number of hydrogen-bond donors (Lipinski definition) is 4. The van der Waals surface area contributed by atoms with Gasteiger partial charge in [-0.25, -0.2) is 4.79 Å². The van der Waals surface area contributed by atoms with Crippen LogP contribution < -0.4 is 16.8 Å². The van der Waals surface area contributed by atoms with Crippen molar-refractivity contribution in [3.63, 3.8) is 0 Å². The molecule has 198 valence electrons. The number of nitrogens with two attached hydrogens (primary N) is 2. The van der Waals surface area contributed by atoms with Crippen molar-refractivity contribution in [2.75, 3.05) is 19.8 Å². The Morgan fingerprint density at radius 2 is 1.89 bits per heavy atom. The van der Waals surface area contributed by atoms with Gasteiger partial charge in [0.25, 0.3) is 0 Å². The number of alkyl carbamates (subject to hydrolysis) is 1. The SMILES string of the molecule is CC(N)(N)C(=O)/C=C/[C@H](COCc1ccccc1)c1nnc2cccc(COC(=O)NCCCCO)n12. The highest BCUT2D eigenvalue weighted by Crippen LogP contribution is 2.21. The van der Waals surface area contributed by atoms with Crippen LogP contribution in [0, 0.1) is 0 Å². The molecule has 1 aromatic carbocycles. The number of ether oxygens (including phenoxy) is 2. The molecule has 0 radical (unpaired) electrons. The van der Waals surface area contributed by atoms with E-state index in [0.29, 0.717) is 43.2 Å². The smallest absolute Gasteiger partial charge is 0.407 e. The average Bonchev–Trinajstić information content (AvgIpc) is 3.32. The van der Waals surface area contributed by atoms with E-state index in [1.807, 2.05) is 30.3 Å². The largest absolute Gasteiger partial charge is 0.443 e. The molecule has 3 rings (SSSR count). The molecule has 2 heterocycles. The van der Waals surface area contributed by atoms with Gasteiger partial charge in [-0.3, -0.25) is 9.20 Å². The van der Waals surface area contributed by atoms with Gasteiger partial charge < -0.3 is 31.4 Å². The lowest BCUT2D eigenvalue weighted by Gasteiger charge is -2.16. The molecule has 3 aromatic rings. The molecule has 6 N–H and O–H groups in total. The Bertz CT molecular complexity index is 1190. The monoisotopic (exact) mass is 510 g/mol. The third kappa shape index (κ3) is 8.46. The van der Waals surface area contributed by atoms with Crippen molar-refractivity contribution in [3.8, 4) is 0 Å². The van der Waals surface area contributed by atoms with E-state index in [9.17, 15) is 9.59 Å². The van der Waals surface area contributed by atoms with Crippen LogP contribution in [0.25, 0.3) is 5.65 Å². The number of rotatable bonds is 14. The average molecular weight is 511 g/mol. The van der Waals surface area contributed by atoms with Gasteiger partial charge in [0.1, 0.15) is 18.1 Å². The topological polar surface area (TPSA) is 167 Å². The quantitative estimate of drug-likeness (QED) is 0.144. The summed E-state index contributed by atoms with van der Waals surface area (Å²) >= 11 is 0. The minimum Gasteiger partial charge on any atom is -0.443 e. The van der Waals surface area contributed by atoms with Gasteiger partial charge in [-0.05, 0) is 43.5 Å². The predicted molar refractivity (Wildman–Crippen MR) is 137 cm³/mol. The zero-order valence-corrected chi connectivity index (χ0v) is 20.9. The van der Waals surface area contributed by atoms with Crippen LogP contribution >= 0.6 is 0 Å². The Morgan fingerprint density at radius 3 is 2.62 bits per heavy atom. The predicted octanol–water partition coefficient (Wildman–Crippen LogP) is 1.79. The van der Waals surface area contributed by atoms with Crippen molar-refractivity contribution < 1.29 is 24.2 Å². The first kappa shape index (κ1) is 27.9. The Labute approximate surface area is 215 Å². The maximum atomic E-state index is 12.4. The van der Waals surface area contributed by atoms with Crippen molar-refractivity contribution in [1.82, 2.24) is 19.9 Å². The fraction of sp³-hybridized carbons (Fsp3) is 0.385. The van der Waals surface area contributed by atoms with E-state index in [1.54, 1.807) is 28.7 Å². The van der Waals surface area contributed by atoms with Crippen LogP contribution in [-0.2, 0) is 27.5 Å². The fourth-order valence-electron chi connectivity index (χ4n) is 3.48. The number of fused-ring (bicyclic) bond motifs is 1. The highest BCUT2D eigenvalue weighted by atomic mass is 16.5. The highest BCUT2D eigenvalue weighted by Gasteiger charge is 2.23. The van der Waals surface area contributed by atoms with Gasteiger partial charge in [-0.15, -0.1) is 10.2 Å².